The fourth-order valence-electron chi connectivity index (χ4n) is 2.59. The number of piperazine rings is 1. The molecular weight excluding hydrogens is 274 g/mol. The summed E-state index contributed by atoms with van der Waals surface area (Å²) in [4.78, 5) is 36.7. The van der Waals surface area contributed by atoms with E-state index in [4.69, 9.17) is 10.8 Å². The molecule has 1 aliphatic rings. The van der Waals surface area contributed by atoms with Crippen molar-refractivity contribution < 1.29 is 19.5 Å². The number of hydrogen-bond donors (Lipinski definition) is 3. The number of nitrogens with zero attached hydrogens (tertiary/aromatic N) is 1. The second kappa shape index (κ2) is 6.89. The van der Waals surface area contributed by atoms with Crippen LogP contribution in [0.3, 0.4) is 0 Å². The summed E-state index contributed by atoms with van der Waals surface area (Å²) >= 11 is 0. The Kier molecular flexibility index (Phi) is 5.71. The molecule has 4 N–H and O–H groups in total. The number of amides is 2. The number of carbonyl (C=O) groups is 3. The summed E-state index contributed by atoms with van der Waals surface area (Å²) in [7, 11) is 0. The molecule has 1 aliphatic heterocycles. The van der Waals surface area contributed by atoms with Crippen molar-refractivity contribution in [2.45, 2.75) is 39.7 Å². The van der Waals surface area contributed by atoms with E-state index in [1.807, 2.05) is 20.8 Å². The Hall–Kier alpha value is -1.63. The molecule has 0 bridgehead atoms. The number of rotatable bonds is 5. The second-order valence-corrected chi connectivity index (χ2v) is 6.63. The van der Waals surface area contributed by atoms with Crippen LogP contribution in [-0.4, -0.2) is 53.5 Å². The van der Waals surface area contributed by atoms with Crippen LogP contribution in [-0.2, 0) is 14.4 Å². The van der Waals surface area contributed by atoms with E-state index in [0.717, 1.165) is 0 Å². The minimum absolute atomic E-state index is 0.0694. The molecule has 0 aromatic rings. The van der Waals surface area contributed by atoms with Crippen LogP contribution in [0.15, 0.2) is 0 Å². The zero-order chi connectivity index (χ0) is 16.2. The highest BCUT2D eigenvalue weighted by molar-refractivity contribution is 5.92. The molecule has 21 heavy (non-hydrogen) atoms. The summed E-state index contributed by atoms with van der Waals surface area (Å²) < 4.78 is 0. The number of nitrogens with two attached hydrogens (primary N) is 1. The lowest BCUT2D eigenvalue weighted by molar-refractivity contribution is -0.151. The van der Waals surface area contributed by atoms with Crippen molar-refractivity contribution in [3.8, 4) is 0 Å². The molecule has 2 atom stereocenters. The standard InChI is InChI=1S/C14H25N3O4/c1-14(2,3)7-9(8-15)13(21)17-5-4-16-12(20)10(17)6-11(18)19/h9-10H,4-8,15H2,1-3H3,(H,16,20)(H,18,19). The van der Waals surface area contributed by atoms with Crippen LogP contribution in [0.4, 0.5) is 0 Å². The van der Waals surface area contributed by atoms with Gasteiger partial charge in [0.25, 0.3) is 0 Å². The van der Waals surface area contributed by atoms with Crippen LogP contribution in [0.1, 0.15) is 33.6 Å². The summed E-state index contributed by atoms with van der Waals surface area (Å²) in [5.41, 5.74) is 5.64. The van der Waals surface area contributed by atoms with Gasteiger partial charge in [0, 0.05) is 19.6 Å². The molecule has 0 radical (unpaired) electrons. The number of hydrogen-bond acceptors (Lipinski definition) is 4. The van der Waals surface area contributed by atoms with Gasteiger partial charge in [0.05, 0.1) is 12.3 Å². The molecule has 2 amide bonds. The molecule has 0 saturated carbocycles. The molecule has 0 spiro atoms. The number of nitrogens with one attached hydrogen (secondary N) is 1. The summed E-state index contributed by atoms with van der Waals surface area (Å²) in [6, 6.07) is -0.947. The minimum atomic E-state index is -1.10. The lowest BCUT2D eigenvalue weighted by atomic mass is 9.83. The van der Waals surface area contributed by atoms with Gasteiger partial charge in [0.15, 0.2) is 0 Å². The maximum absolute atomic E-state index is 12.6. The molecule has 0 aromatic heterocycles. The maximum atomic E-state index is 12.6. The maximum Gasteiger partial charge on any atom is 0.305 e. The van der Waals surface area contributed by atoms with E-state index >= 15 is 0 Å². The third kappa shape index (κ3) is 5.00. The Morgan fingerprint density at radius 3 is 2.57 bits per heavy atom. The predicted octanol–water partition coefficient (Wildman–Crippen LogP) is -0.201. The Balaban J connectivity index is 2.89. The third-order valence-corrected chi connectivity index (χ3v) is 3.47. The van der Waals surface area contributed by atoms with E-state index in [-0.39, 0.29) is 24.3 Å². The van der Waals surface area contributed by atoms with Crippen LogP contribution < -0.4 is 11.1 Å². The van der Waals surface area contributed by atoms with E-state index in [2.05, 4.69) is 5.32 Å². The van der Waals surface area contributed by atoms with E-state index in [1.54, 1.807) is 0 Å². The Morgan fingerprint density at radius 2 is 2.10 bits per heavy atom. The Labute approximate surface area is 124 Å². The van der Waals surface area contributed by atoms with Crippen molar-refractivity contribution in [3.05, 3.63) is 0 Å². The largest absolute Gasteiger partial charge is 0.481 e. The number of carboxylic acid groups (broad SMARTS) is 1. The van der Waals surface area contributed by atoms with E-state index < -0.39 is 23.8 Å². The molecule has 7 heteroatoms. The van der Waals surface area contributed by atoms with Crippen LogP contribution in [0, 0.1) is 11.3 Å². The van der Waals surface area contributed by atoms with Crippen LogP contribution in [0.2, 0.25) is 0 Å². The summed E-state index contributed by atoms with van der Waals surface area (Å²) in [5, 5.41) is 11.5. The van der Waals surface area contributed by atoms with Crippen molar-refractivity contribution in [2.75, 3.05) is 19.6 Å². The first-order valence-electron chi connectivity index (χ1n) is 7.16. The van der Waals surface area contributed by atoms with Crippen LogP contribution >= 0.6 is 0 Å². The van der Waals surface area contributed by atoms with Crippen molar-refractivity contribution in [1.82, 2.24) is 10.2 Å². The Bertz CT molecular complexity index is 417. The molecule has 1 heterocycles. The molecule has 120 valence electrons. The van der Waals surface area contributed by atoms with Gasteiger partial charge in [-0.15, -0.1) is 0 Å². The van der Waals surface area contributed by atoms with E-state index in [0.29, 0.717) is 19.5 Å². The van der Waals surface area contributed by atoms with Crippen LogP contribution in [0.25, 0.3) is 0 Å². The van der Waals surface area contributed by atoms with Crippen molar-refractivity contribution in [1.29, 1.82) is 0 Å². The van der Waals surface area contributed by atoms with Gasteiger partial charge >= 0.3 is 5.97 Å². The fourth-order valence-corrected chi connectivity index (χ4v) is 2.59. The lowest BCUT2D eigenvalue weighted by Gasteiger charge is -2.37. The average Bonchev–Trinajstić information content (AvgIpc) is 2.36. The molecular formula is C14H25N3O4. The molecule has 1 saturated heterocycles. The molecule has 7 nitrogen and oxygen atoms in total. The molecule has 0 aromatic carbocycles. The zero-order valence-corrected chi connectivity index (χ0v) is 12.9. The van der Waals surface area contributed by atoms with Crippen LogP contribution in [0.5, 0.6) is 0 Å². The van der Waals surface area contributed by atoms with Gasteiger partial charge in [0.2, 0.25) is 11.8 Å². The summed E-state index contributed by atoms with van der Waals surface area (Å²) in [6.07, 6.45) is 0.213. The summed E-state index contributed by atoms with van der Waals surface area (Å²) in [6.45, 7) is 6.90. The topological polar surface area (TPSA) is 113 Å². The van der Waals surface area contributed by atoms with Gasteiger partial charge in [0.1, 0.15) is 6.04 Å². The predicted molar refractivity (Wildman–Crippen MR) is 77.4 cm³/mol. The van der Waals surface area contributed by atoms with E-state index in [1.165, 1.54) is 4.90 Å². The zero-order valence-electron chi connectivity index (χ0n) is 12.9. The highest BCUT2D eigenvalue weighted by Gasteiger charge is 2.37. The number of carboxylic acids is 1. The van der Waals surface area contributed by atoms with Gasteiger partial charge in [-0.05, 0) is 11.8 Å². The molecule has 2 unspecified atom stereocenters. The average molecular weight is 299 g/mol. The lowest BCUT2D eigenvalue weighted by Crippen LogP contribution is -2.59. The monoisotopic (exact) mass is 299 g/mol. The first-order chi connectivity index (χ1) is 9.65. The summed E-state index contributed by atoms with van der Waals surface area (Å²) in [5.74, 6) is -2.14. The van der Waals surface area contributed by atoms with Gasteiger partial charge in [-0.1, -0.05) is 20.8 Å². The van der Waals surface area contributed by atoms with Crippen molar-refractivity contribution in [2.24, 2.45) is 17.1 Å². The van der Waals surface area contributed by atoms with Gasteiger partial charge in [-0.2, -0.15) is 0 Å². The minimum Gasteiger partial charge on any atom is -0.481 e. The molecule has 1 fully saturated rings. The highest BCUT2D eigenvalue weighted by atomic mass is 16.4. The second-order valence-electron chi connectivity index (χ2n) is 6.63. The molecule has 0 aliphatic carbocycles. The van der Waals surface area contributed by atoms with Crippen molar-refractivity contribution in [3.63, 3.8) is 0 Å². The van der Waals surface area contributed by atoms with Gasteiger partial charge < -0.3 is 21.1 Å². The third-order valence-electron chi connectivity index (χ3n) is 3.47. The number of aliphatic carboxylic acids is 1. The smallest absolute Gasteiger partial charge is 0.305 e. The molecule has 1 rings (SSSR count). The quantitative estimate of drug-likeness (QED) is 0.650. The number of carbonyl (C=O) groups excluding carboxylic acids is 2. The SMILES string of the molecule is CC(C)(C)CC(CN)C(=O)N1CCNC(=O)C1CC(=O)O. The van der Waals surface area contributed by atoms with Gasteiger partial charge in [-0.25, -0.2) is 0 Å². The Morgan fingerprint density at radius 1 is 1.48 bits per heavy atom. The van der Waals surface area contributed by atoms with Crippen molar-refractivity contribution >= 4 is 17.8 Å². The first-order valence-corrected chi connectivity index (χ1v) is 7.16. The fraction of sp³-hybridized carbons (Fsp3) is 0.786. The highest BCUT2D eigenvalue weighted by Crippen LogP contribution is 2.26. The normalized spacial score (nSPS) is 20.9. The van der Waals surface area contributed by atoms with Gasteiger partial charge in [-0.3, -0.25) is 14.4 Å². The van der Waals surface area contributed by atoms with E-state index in [9.17, 15) is 14.4 Å². The first kappa shape index (κ1) is 17.4.